The van der Waals surface area contributed by atoms with Crippen LogP contribution in [0.3, 0.4) is 0 Å². The molecular formula is C103H81N5O. The number of anilines is 6. The number of hydrogen-bond acceptors (Lipinski definition) is 3. The average molecular weight is 1420 g/mol. The van der Waals surface area contributed by atoms with E-state index in [4.69, 9.17) is 7.16 Å². The molecule has 109 heavy (non-hydrogen) atoms. The number of hydrogen-bond donors (Lipinski definition) is 0. The van der Waals surface area contributed by atoms with Gasteiger partial charge >= 0.3 is 0 Å². The molecule has 2 aliphatic rings. The van der Waals surface area contributed by atoms with E-state index in [1.807, 2.05) is 103 Å². The number of aromatic nitrogens is 3. The molecule has 0 fully saturated rings. The molecule has 0 amide bonds. The zero-order chi connectivity index (χ0) is 87.4. The van der Waals surface area contributed by atoms with Crippen molar-refractivity contribution in [3.63, 3.8) is 0 Å². The van der Waals surface area contributed by atoms with E-state index in [0.717, 1.165) is 88.6 Å². The zero-order valence-corrected chi connectivity index (χ0v) is 61.6. The van der Waals surface area contributed by atoms with Crippen LogP contribution in [-0.2, 0) is 16.2 Å². The fourth-order valence-corrected chi connectivity index (χ4v) is 17.1. The second-order valence-electron chi connectivity index (χ2n) is 32.1. The standard InChI is InChI=1S/C103H81N5O/c1-101(2,3)69-47-51-90-84(59-69)79-36-20-25-43-89(79)107(90)91-44-26-37-80-81-38-27-45-92(100(81)109-99(80)91)108-94-60-72(104-85-39-21-16-32-75(85)76-33-17-22-40-86(76)104)48-50-83(94)97-82-49-46-65(68-53-70(102(4,5)6)58-71(54-68)103(7,8)9)57-93(82)106(73-55-66(63-28-12-10-13-29-63)52-67(56-73)64-30-14-11-15-31-64)95-61-74(62-96(108)98(95)97)105-87-41-23-18-34-77(87)78-35-19-24-42-88(78)105/h10-62,97H,1-9H3/i16D,17D,18D,19D,21D,22D,23D,24D,32D,33D,34D,35D,39D,40D,41D,42D. The molecule has 0 bridgehead atoms. The van der Waals surface area contributed by atoms with Crippen molar-refractivity contribution < 1.29 is 26.3 Å². The van der Waals surface area contributed by atoms with Crippen molar-refractivity contribution in [2.45, 2.75) is 84.5 Å². The molecule has 6 heterocycles. The maximum Gasteiger partial charge on any atom is 0.159 e. The lowest BCUT2D eigenvalue weighted by atomic mass is 9.74. The highest BCUT2D eigenvalue weighted by molar-refractivity contribution is 6.17. The summed E-state index contributed by atoms with van der Waals surface area (Å²) in [4.78, 5) is 4.33. The van der Waals surface area contributed by atoms with Crippen molar-refractivity contribution >= 4 is 121 Å². The summed E-state index contributed by atoms with van der Waals surface area (Å²) in [5.74, 6) is -0.789. The number of fused-ring (bicyclic) bond motifs is 16. The van der Waals surface area contributed by atoms with E-state index in [1.165, 1.54) is 10.1 Å². The van der Waals surface area contributed by atoms with Gasteiger partial charge < -0.3 is 27.9 Å². The number of rotatable bonds is 8. The van der Waals surface area contributed by atoms with Crippen molar-refractivity contribution in [3.05, 3.63) is 355 Å². The van der Waals surface area contributed by atoms with Crippen LogP contribution in [-0.4, -0.2) is 13.7 Å². The largest absolute Gasteiger partial charge is 0.452 e. The molecule has 0 radical (unpaired) electrons. The first-order chi connectivity index (χ1) is 59.6. The highest BCUT2D eigenvalue weighted by atomic mass is 16.3. The molecule has 1 unspecified atom stereocenters. The van der Waals surface area contributed by atoms with E-state index in [1.54, 1.807) is 4.57 Å². The van der Waals surface area contributed by atoms with Gasteiger partial charge in [-0.05, 0) is 180 Å². The maximum absolute atomic E-state index is 10.2. The first-order valence-electron chi connectivity index (χ1n) is 45.1. The molecule has 524 valence electrons. The number of para-hydroxylation sites is 7. The summed E-state index contributed by atoms with van der Waals surface area (Å²) in [6.45, 7) is 19.9. The van der Waals surface area contributed by atoms with Crippen LogP contribution in [0, 0.1) is 0 Å². The monoisotopic (exact) mass is 1420 g/mol. The van der Waals surface area contributed by atoms with Crippen molar-refractivity contribution in [2.75, 3.05) is 9.80 Å². The summed E-state index contributed by atoms with van der Waals surface area (Å²) >= 11 is 0. The van der Waals surface area contributed by atoms with Crippen molar-refractivity contribution in [3.8, 4) is 50.4 Å². The Morgan fingerprint density at radius 3 is 1.29 bits per heavy atom. The van der Waals surface area contributed by atoms with Crippen LogP contribution in [0.1, 0.15) is 124 Å². The number of furan rings is 1. The number of benzene rings is 15. The minimum Gasteiger partial charge on any atom is -0.452 e. The lowest BCUT2D eigenvalue weighted by molar-refractivity contribution is 0.569. The summed E-state index contributed by atoms with van der Waals surface area (Å²) in [5.41, 5.74) is 17.3. The topological polar surface area (TPSA) is 34.4 Å². The SMILES string of the molecule is [2H]c1c([2H])c([2H])c2c(c1[2H])c1c([2H])c([2H])c([2H])c([2H])c1n2-c1ccc2c(c1)N(c1cccc3c1oc1c(-n4c5ccccc5c5cc(C(C)(C)C)ccc54)cccc13)c1cc(-n3c4c([2H])c([2H])c([2H])c([2H])c4c4c([2H])c([2H])c([2H])c([2H])c43)cc3c1C2c1ccc(-c2cc(C(C)(C)C)cc(C(C)(C)C)c2)cc1N3c1cc(-c2ccccc2)cc(-c2ccccc2)c1. The van der Waals surface area contributed by atoms with Gasteiger partial charge in [0, 0.05) is 65.9 Å². The van der Waals surface area contributed by atoms with Gasteiger partial charge in [0.2, 0.25) is 0 Å². The third-order valence-electron chi connectivity index (χ3n) is 22.5. The van der Waals surface area contributed by atoms with Crippen molar-refractivity contribution in [1.82, 2.24) is 13.7 Å². The molecule has 0 aliphatic carbocycles. The fraction of sp³-hybridized carbons (Fsp3) is 0.126. The van der Waals surface area contributed by atoms with Gasteiger partial charge in [-0.25, -0.2) is 0 Å². The third kappa shape index (κ3) is 10.0. The Kier molecular flexibility index (Phi) is 10.9. The van der Waals surface area contributed by atoms with E-state index in [0.29, 0.717) is 56.1 Å². The summed E-state index contributed by atoms with van der Waals surface area (Å²) in [5, 5.41) is 3.11. The van der Waals surface area contributed by atoms with Crippen molar-refractivity contribution in [2.24, 2.45) is 0 Å². The Bertz CT molecular complexity index is 7780. The minimum absolute atomic E-state index is 0.0960. The van der Waals surface area contributed by atoms with Gasteiger partial charge in [0.25, 0.3) is 0 Å². The molecule has 0 spiro atoms. The summed E-state index contributed by atoms with van der Waals surface area (Å²) in [6.07, 6.45) is 0. The Hall–Kier alpha value is -12.9. The fourth-order valence-electron chi connectivity index (χ4n) is 17.1. The van der Waals surface area contributed by atoms with E-state index < -0.39 is 103 Å². The Morgan fingerprint density at radius 1 is 0.266 bits per heavy atom. The van der Waals surface area contributed by atoms with Crippen LogP contribution in [0.2, 0.25) is 0 Å². The Morgan fingerprint density at radius 2 is 0.725 bits per heavy atom. The lowest BCUT2D eigenvalue weighted by Crippen LogP contribution is -2.30. The van der Waals surface area contributed by atoms with Gasteiger partial charge in [0.15, 0.2) is 11.2 Å². The van der Waals surface area contributed by atoms with E-state index in [9.17, 15) is 19.2 Å². The van der Waals surface area contributed by atoms with E-state index in [-0.39, 0.29) is 71.2 Å². The van der Waals surface area contributed by atoms with E-state index >= 15 is 0 Å². The average Bonchev–Trinajstić information content (AvgIpc) is 1.68. The molecule has 6 nitrogen and oxygen atoms in total. The molecule has 19 aromatic rings. The van der Waals surface area contributed by atoms with Gasteiger partial charge in [-0.3, -0.25) is 0 Å². The zero-order valence-electron chi connectivity index (χ0n) is 77.6. The van der Waals surface area contributed by atoms with Gasteiger partial charge in [-0.2, -0.15) is 0 Å². The first-order valence-corrected chi connectivity index (χ1v) is 37.1. The van der Waals surface area contributed by atoms with Crippen LogP contribution < -0.4 is 9.80 Å². The van der Waals surface area contributed by atoms with Gasteiger partial charge in [0.05, 0.1) is 94.8 Å². The number of nitrogens with zero attached hydrogens (tertiary/aromatic N) is 5. The molecule has 6 heteroatoms. The quantitative estimate of drug-likeness (QED) is 0.152. The molecule has 0 saturated heterocycles. The molecule has 0 saturated carbocycles. The second-order valence-corrected chi connectivity index (χ2v) is 32.1. The Labute approximate surface area is 657 Å². The van der Waals surface area contributed by atoms with Crippen LogP contribution >= 0.6 is 0 Å². The molecule has 15 aromatic carbocycles. The third-order valence-corrected chi connectivity index (χ3v) is 22.5. The molecule has 21 rings (SSSR count). The molecule has 4 aromatic heterocycles. The Balaban J connectivity index is 0.963. The molecular weight excluding hydrogens is 1320 g/mol. The van der Waals surface area contributed by atoms with Gasteiger partial charge in [-0.15, -0.1) is 0 Å². The van der Waals surface area contributed by atoms with Crippen LogP contribution in [0.25, 0.3) is 138 Å². The molecule has 0 N–H and O–H groups in total. The lowest BCUT2D eigenvalue weighted by Gasteiger charge is -2.45. The van der Waals surface area contributed by atoms with Gasteiger partial charge in [0.1, 0.15) is 0 Å². The molecule has 2 aliphatic heterocycles. The van der Waals surface area contributed by atoms with E-state index in [2.05, 4.69) is 198 Å². The van der Waals surface area contributed by atoms with Gasteiger partial charge in [-0.1, -0.05) is 280 Å². The first kappa shape index (κ1) is 49.8. The smallest absolute Gasteiger partial charge is 0.159 e. The highest BCUT2D eigenvalue weighted by Gasteiger charge is 2.43. The molecule has 1 atom stereocenters. The predicted molar refractivity (Wildman–Crippen MR) is 459 cm³/mol. The van der Waals surface area contributed by atoms with Crippen molar-refractivity contribution in [1.29, 1.82) is 0 Å². The predicted octanol–water partition coefficient (Wildman–Crippen LogP) is 28.5. The summed E-state index contributed by atoms with van der Waals surface area (Å²) in [6, 6.07) is 68.1. The van der Waals surface area contributed by atoms with Crippen LogP contribution in [0.5, 0.6) is 0 Å². The normalized spacial score (nSPS) is 15.8. The maximum atomic E-state index is 10.2. The summed E-state index contributed by atoms with van der Waals surface area (Å²) < 4.78 is 167. The minimum atomic E-state index is -0.789. The summed E-state index contributed by atoms with van der Waals surface area (Å²) in [7, 11) is 0. The van der Waals surface area contributed by atoms with Crippen LogP contribution in [0.4, 0.5) is 34.1 Å². The van der Waals surface area contributed by atoms with Crippen LogP contribution in [0.15, 0.2) is 326 Å². The second kappa shape index (κ2) is 23.8. The highest BCUT2D eigenvalue weighted by Crippen LogP contribution is 2.63.